The van der Waals surface area contributed by atoms with Crippen LogP contribution < -0.4 is 0 Å². The molecule has 0 aromatic heterocycles. The van der Waals surface area contributed by atoms with Crippen LogP contribution in [0.25, 0.3) is 0 Å². The van der Waals surface area contributed by atoms with Crippen LogP contribution >= 0.6 is 0 Å². The number of ketones is 1. The first-order chi connectivity index (χ1) is 9.06. The van der Waals surface area contributed by atoms with Crippen LogP contribution in [-0.2, 0) is 11.2 Å². The Morgan fingerprint density at radius 3 is 2.63 bits per heavy atom. The van der Waals surface area contributed by atoms with Gasteiger partial charge < -0.3 is 4.90 Å². The van der Waals surface area contributed by atoms with Gasteiger partial charge in [0.25, 0.3) is 0 Å². The number of rotatable bonds is 4. The summed E-state index contributed by atoms with van der Waals surface area (Å²) in [5, 5.41) is 0. The van der Waals surface area contributed by atoms with E-state index in [1.165, 1.54) is 12.1 Å². The Balaban J connectivity index is 1.87. The molecule has 4 heteroatoms. The topological polar surface area (TPSA) is 20.3 Å². The van der Waals surface area contributed by atoms with Crippen molar-refractivity contribution in [2.45, 2.75) is 38.1 Å². The molecule has 1 aromatic rings. The highest BCUT2D eigenvalue weighted by Gasteiger charge is 2.22. The second-order valence-electron chi connectivity index (χ2n) is 5.24. The number of likely N-dealkylation sites (N-methyl/N-ethyl adjacent to an activating group) is 1. The van der Waals surface area contributed by atoms with Gasteiger partial charge in [0.05, 0.1) is 0 Å². The van der Waals surface area contributed by atoms with Gasteiger partial charge in [-0.05, 0) is 50.1 Å². The standard InChI is InChI=1S/C15H19F2NO/c1-18(13-3-5-14(19)6-4-13)9-8-11-10-12(16)2-7-15(11)17/h2,7,10,13H,3-6,8-9H2,1H3. The van der Waals surface area contributed by atoms with Crippen molar-refractivity contribution >= 4 is 5.78 Å². The van der Waals surface area contributed by atoms with Gasteiger partial charge >= 0.3 is 0 Å². The molecule has 1 fully saturated rings. The van der Waals surface area contributed by atoms with E-state index in [-0.39, 0.29) is 5.82 Å². The molecule has 104 valence electrons. The minimum atomic E-state index is -0.401. The summed E-state index contributed by atoms with van der Waals surface area (Å²) in [6.45, 7) is 0.680. The van der Waals surface area contributed by atoms with E-state index >= 15 is 0 Å². The number of halogens is 2. The predicted octanol–water partition coefficient (Wildman–Crippen LogP) is 2.95. The third kappa shape index (κ3) is 3.83. The van der Waals surface area contributed by atoms with Crippen molar-refractivity contribution in [2.24, 2.45) is 0 Å². The molecule has 0 N–H and O–H groups in total. The average molecular weight is 267 g/mol. The fourth-order valence-electron chi connectivity index (χ4n) is 2.58. The van der Waals surface area contributed by atoms with E-state index in [2.05, 4.69) is 4.90 Å². The number of carbonyl (C=O) groups is 1. The van der Waals surface area contributed by atoms with Crippen LogP contribution in [0, 0.1) is 11.6 Å². The van der Waals surface area contributed by atoms with Crippen LogP contribution in [0.2, 0.25) is 0 Å². The van der Waals surface area contributed by atoms with Crippen molar-refractivity contribution in [3.63, 3.8) is 0 Å². The van der Waals surface area contributed by atoms with E-state index in [1.807, 2.05) is 7.05 Å². The van der Waals surface area contributed by atoms with Gasteiger partial charge in [-0.25, -0.2) is 8.78 Å². The SMILES string of the molecule is CN(CCc1cc(F)ccc1F)C1CCC(=O)CC1. The summed E-state index contributed by atoms with van der Waals surface area (Å²) in [6.07, 6.45) is 3.53. The molecule has 2 rings (SSSR count). The van der Waals surface area contributed by atoms with Gasteiger partial charge in [-0.2, -0.15) is 0 Å². The minimum absolute atomic E-state index is 0.334. The fraction of sp³-hybridized carbons (Fsp3) is 0.533. The largest absolute Gasteiger partial charge is 0.303 e. The normalized spacial score (nSPS) is 17.2. The lowest BCUT2D eigenvalue weighted by Gasteiger charge is -2.30. The Hall–Kier alpha value is -1.29. The van der Waals surface area contributed by atoms with Gasteiger partial charge in [0, 0.05) is 25.4 Å². The zero-order valence-electron chi connectivity index (χ0n) is 11.2. The van der Waals surface area contributed by atoms with Crippen molar-refractivity contribution < 1.29 is 13.6 Å². The zero-order valence-corrected chi connectivity index (χ0v) is 11.2. The molecule has 0 radical (unpaired) electrons. The number of nitrogens with zero attached hydrogens (tertiary/aromatic N) is 1. The maximum Gasteiger partial charge on any atom is 0.133 e. The Labute approximate surface area is 112 Å². The van der Waals surface area contributed by atoms with Crippen LogP contribution in [0.3, 0.4) is 0 Å². The highest BCUT2D eigenvalue weighted by Crippen LogP contribution is 2.20. The molecule has 19 heavy (non-hydrogen) atoms. The molecule has 1 aliphatic carbocycles. The molecule has 0 saturated heterocycles. The van der Waals surface area contributed by atoms with Crippen molar-refractivity contribution in [3.05, 3.63) is 35.4 Å². The summed E-state index contributed by atoms with van der Waals surface area (Å²) in [6, 6.07) is 3.95. The monoisotopic (exact) mass is 267 g/mol. The molecule has 0 aliphatic heterocycles. The van der Waals surface area contributed by atoms with E-state index in [4.69, 9.17) is 0 Å². The predicted molar refractivity (Wildman–Crippen MR) is 70.0 cm³/mol. The highest BCUT2D eigenvalue weighted by atomic mass is 19.1. The summed E-state index contributed by atoms with van der Waals surface area (Å²) in [5.74, 6) is -0.420. The van der Waals surface area contributed by atoms with E-state index in [9.17, 15) is 13.6 Å². The summed E-state index contributed by atoms with van der Waals surface area (Å²) in [4.78, 5) is 13.3. The number of benzene rings is 1. The van der Waals surface area contributed by atoms with Gasteiger partial charge in [0.15, 0.2) is 0 Å². The zero-order chi connectivity index (χ0) is 13.8. The van der Waals surface area contributed by atoms with Gasteiger partial charge in [-0.15, -0.1) is 0 Å². The van der Waals surface area contributed by atoms with Crippen LogP contribution in [0.4, 0.5) is 8.78 Å². The lowest BCUT2D eigenvalue weighted by molar-refractivity contribution is -0.121. The van der Waals surface area contributed by atoms with Gasteiger partial charge in [0.1, 0.15) is 17.4 Å². The van der Waals surface area contributed by atoms with Crippen LogP contribution in [0.5, 0.6) is 0 Å². The Kier molecular flexibility index (Phi) is 4.64. The molecule has 1 saturated carbocycles. The van der Waals surface area contributed by atoms with E-state index in [0.717, 1.165) is 18.9 Å². The van der Waals surface area contributed by atoms with Crippen LogP contribution in [0.15, 0.2) is 18.2 Å². The fourth-order valence-corrected chi connectivity index (χ4v) is 2.58. The van der Waals surface area contributed by atoms with E-state index in [0.29, 0.717) is 43.2 Å². The molecule has 0 bridgehead atoms. The highest BCUT2D eigenvalue weighted by molar-refractivity contribution is 5.79. The first-order valence-electron chi connectivity index (χ1n) is 6.72. The summed E-state index contributed by atoms with van der Waals surface area (Å²) >= 11 is 0. The summed E-state index contributed by atoms with van der Waals surface area (Å²) < 4.78 is 26.5. The number of hydrogen-bond acceptors (Lipinski definition) is 2. The minimum Gasteiger partial charge on any atom is -0.303 e. The molecule has 0 heterocycles. The molecule has 0 amide bonds. The average Bonchev–Trinajstić information content (AvgIpc) is 2.40. The van der Waals surface area contributed by atoms with E-state index in [1.54, 1.807) is 0 Å². The van der Waals surface area contributed by atoms with Gasteiger partial charge in [-0.3, -0.25) is 4.79 Å². The smallest absolute Gasteiger partial charge is 0.133 e. The number of hydrogen-bond donors (Lipinski definition) is 0. The Bertz CT molecular complexity index is 451. The molecule has 2 nitrogen and oxygen atoms in total. The Morgan fingerprint density at radius 2 is 1.95 bits per heavy atom. The van der Waals surface area contributed by atoms with Gasteiger partial charge in [-0.1, -0.05) is 0 Å². The molecule has 0 atom stereocenters. The number of carbonyl (C=O) groups excluding carboxylic acids is 1. The van der Waals surface area contributed by atoms with Crippen molar-refractivity contribution in [2.75, 3.05) is 13.6 Å². The lowest BCUT2D eigenvalue weighted by Crippen LogP contribution is -2.36. The molecule has 1 aliphatic rings. The second-order valence-corrected chi connectivity index (χ2v) is 5.24. The summed E-state index contributed by atoms with van der Waals surface area (Å²) in [5.41, 5.74) is 0.415. The first-order valence-corrected chi connectivity index (χ1v) is 6.72. The quantitative estimate of drug-likeness (QED) is 0.836. The Morgan fingerprint density at radius 1 is 1.26 bits per heavy atom. The summed E-state index contributed by atoms with van der Waals surface area (Å²) in [7, 11) is 1.98. The van der Waals surface area contributed by atoms with Crippen molar-refractivity contribution in [3.8, 4) is 0 Å². The maximum absolute atomic E-state index is 13.5. The lowest BCUT2D eigenvalue weighted by atomic mass is 9.93. The van der Waals surface area contributed by atoms with Crippen LogP contribution in [-0.4, -0.2) is 30.3 Å². The maximum atomic E-state index is 13.5. The number of Topliss-reactive ketones (excluding diaryl/α,β-unsaturated/α-hetero) is 1. The first kappa shape index (κ1) is 14.1. The third-order valence-corrected chi connectivity index (χ3v) is 3.88. The molecular formula is C15H19F2NO. The van der Waals surface area contributed by atoms with Crippen LogP contribution in [0.1, 0.15) is 31.2 Å². The molecule has 1 aromatic carbocycles. The van der Waals surface area contributed by atoms with Crippen molar-refractivity contribution in [1.29, 1.82) is 0 Å². The second kappa shape index (κ2) is 6.24. The van der Waals surface area contributed by atoms with E-state index < -0.39 is 5.82 Å². The third-order valence-electron chi connectivity index (χ3n) is 3.88. The molecule has 0 unspecified atom stereocenters. The molecule has 0 spiro atoms. The molecular weight excluding hydrogens is 248 g/mol. The van der Waals surface area contributed by atoms with Gasteiger partial charge in [0.2, 0.25) is 0 Å². The van der Waals surface area contributed by atoms with Crippen molar-refractivity contribution in [1.82, 2.24) is 4.90 Å².